The van der Waals surface area contributed by atoms with Gasteiger partial charge >= 0.3 is 7.12 Å². The van der Waals surface area contributed by atoms with Crippen molar-refractivity contribution in [3.8, 4) is 0 Å². The van der Waals surface area contributed by atoms with E-state index in [1.54, 1.807) is 12.1 Å². The summed E-state index contributed by atoms with van der Waals surface area (Å²) in [6.45, 7) is 10.1. The summed E-state index contributed by atoms with van der Waals surface area (Å²) in [7, 11) is -0.696. The summed E-state index contributed by atoms with van der Waals surface area (Å²) >= 11 is 0. The molecular weight excluding hydrogens is 400 g/mol. The lowest BCUT2D eigenvalue weighted by molar-refractivity contribution is 0.00578. The molecule has 1 heterocycles. The average molecular weight is 431 g/mol. The first-order valence-corrected chi connectivity index (χ1v) is 11.2. The van der Waals surface area contributed by atoms with Crippen molar-refractivity contribution in [3.63, 3.8) is 0 Å². The average Bonchev–Trinajstić information content (AvgIpc) is 2.96. The van der Waals surface area contributed by atoms with Crippen LogP contribution in [0.25, 0.3) is 0 Å². The third-order valence-electron chi connectivity index (χ3n) is 6.48. The summed E-state index contributed by atoms with van der Waals surface area (Å²) in [5, 5.41) is 0. The number of halogens is 1. The summed E-state index contributed by atoms with van der Waals surface area (Å²) in [5.74, 6) is -0.291. The van der Waals surface area contributed by atoms with Gasteiger partial charge in [0.05, 0.1) is 11.2 Å². The number of rotatable bonds is 7. The fraction of sp³-hybridized carbons (Fsp3) is 0.333. The van der Waals surface area contributed by atoms with E-state index in [0.29, 0.717) is 12.0 Å². The van der Waals surface area contributed by atoms with Gasteiger partial charge in [0, 0.05) is 25.1 Å². The minimum absolute atomic E-state index is 0.291. The largest absolute Gasteiger partial charge is 0.497 e. The fourth-order valence-corrected chi connectivity index (χ4v) is 3.94. The van der Waals surface area contributed by atoms with Gasteiger partial charge in [-0.3, -0.25) is 4.90 Å². The Kier molecular flexibility index (Phi) is 6.52. The molecule has 0 aromatic heterocycles. The highest BCUT2D eigenvalue weighted by molar-refractivity contribution is 6.62. The first-order valence-electron chi connectivity index (χ1n) is 11.2. The van der Waals surface area contributed by atoms with Gasteiger partial charge in [0.15, 0.2) is 0 Å². The van der Waals surface area contributed by atoms with Crippen LogP contribution in [0.5, 0.6) is 0 Å². The zero-order valence-electron chi connectivity index (χ0n) is 19.3. The Morgan fingerprint density at radius 2 is 1.16 bits per heavy atom. The van der Waals surface area contributed by atoms with Crippen LogP contribution in [0, 0.1) is 5.82 Å². The molecule has 1 fully saturated rings. The molecule has 0 radical (unpaired) electrons. The van der Waals surface area contributed by atoms with Gasteiger partial charge in [-0.25, -0.2) is 4.39 Å². The molecule has 1 aliphatic heterocycles. The van der Waals surface area contributed by atoms with Crippen molar-refractivity contribution in [3.05, 3.63) is 101 Å². The van der Waals surface area contributed by atoms with Crippen molar-refractivity contribution in [2.45, 2.75) is 58.5 Å². The molecule has 0 aliphatic carbocycles. The number of nitrogens with zero attached hydrogens (tertiary/aromatic N) is 1. The molecule has 3 nitrogen and oxygen atoms in total. The van der Waals surface area contributed by atoms with E-state index >= 15 is 4.39 Å². The number of hydrogen-bond donors (Lipinski definition) is 0. The Morgan fingerprint density at radius 1 is 0.688 bits per heavy atom. The maximum absolute atomic E-state index is 15.1. The van der Waals surface area contributed by atoms with Crippen LogP contribution in [0.3, 0.4) is 0 Å². The van der Waals surface area contributed by atoms with Gasteiger partial charge in [0.25, 0.3) is 0 Å². The SMILES string of the molecule is CC1(C)OB(c2ccc(CN(Cc3ccccc3)Cc3ccccc3)cc2F)OC1(C)C. The Hall–Kier alpha value is -2.47. The third kappa shape index (κ3) is 5.12. The molecule has 0 unspecified atom stereocenters. The van der Waals surface area contributed by atoms with Crippen LogP contribution in [-0.2, 0) is 28.9 Å². The van der Waals surface area contributed by atoms with Gasteiger partial charge < -0.3 is 9.31 Å². The maximum Gasteiger partial charge on any atom is 0.497 e. The summed E-state index contributed by atoms with van der Waals surface area (Å²) in [6, 6.07) is 26.1. The van der Waals surface area contributed by atoms with Crippen LogP contribution < -0.4 is 5.46 Å². The first kappa shape index (κ1) is 22.7. The zero-order valence-corrected chi connectivity index (χ0v) is 19.3. The van der Waals surface area contributed by atoms with Crippen molar-refractivity contribution in [2.24, 2.45) is 0 Å². The topological polar surface area (TPSA) is 21.7 Å². The summed E-state index contributed by atoms with van der Waals surface area (Å²) < 4.78 is 27.2. The lowest BCUT2D eigenvalue weighted by Gasteiger charge is -2.32. The van der Waals surface area contributed by atoms with E-state index in [-0.39, 0.29) is 5.82 Å². The van der Waals surface area contributed by atoms with Crippen LogP contribution in [-0.4, -0.2) is 23.2 Å². The summed E-state index contributed by atoms with van der Waals surface area (Å²) in [5.41, 5.74) is 2.85. The van der Waals surface area contributed by atoms with Crippen LogP contribution in [0.4, 0.5) is 4.39 Å². The van der Waals surface area contributed by atoms with Crippen molar-refractivity contribution in [1.29, 1.82) is 0 Å². The Balaban J connectivity index is 1.52. The molecule has 0 bridgehead atoms. The third-order valence-corrected chi connectivity index (χ3v) is 6.48. The monoisotopic (exact) mass is 431 g/mol. The summed E-state index contributed by atoms with van der Waals surface area (Å²) in [6.07, 6.45) is 0. The highest BCUT2D eigenvalue weighted by atomic mass is 19.1. The van der Waals surface area contributed by atoms with Gasteiger partial charge in [-0.05, 0) is 50.5 Å². The molecule has 0 amide bonds. The molecule has 166 valence electrons. The van der Waals surface area contributed by atoms with Crippen molar-refractivity contribution >= 4 is 12.6 Å². The van der Waals surface area contributed by atoms with E-state index in [1.807, 2.05) is 45.9 Å². The maximum atomic E-state index is 15.1. The van der Waals surface area contributed by atoms with Crippen molar-refractivity contribution < 1.29 is 13.7 Å². The fourth-order valence-electron chi connectivity index (χ4n) is 3.94. The predicted octanol–water partition coefficient (Wildman–Crippen LogP) is 5.33. The highest BCUT2D eigenvalue weighted by Gasteiger charge is 2.52. The molecular formula is C27H31BFNO2. The van der Waals surface area contributed by atoms with E-state index in [1.165, 1.54) is 11.1 Å². The summed E-state index contributed by atoms with van der Waals surface area (Å²) in [4.78, 5) is 2.33. The van der Waals surface area contributed by atoms with E-state index in [4.69, 9.17) is 9.31 Å². The van der Waals surface area contributed by atoms with E-state index < -0.39 is 18.3 Å². The number of hydrogen-bond acceptors (Lipinski definition) is 3. The van der Waals surface area contributed by atoms with Crippen LogP contribution in [0.1, 0.15) is 44.4 Å². The van der Waals surface area contributed by atoms with E-state index in [9.17, 15) is 0 Å². The van der Waals surface area contributed by atoms with Crippen LogP contribution in [0.15, 0.2) is 78.9 Å². The Morgan fingerprint density at radius 3 is 1.62 bits per heavy atom. The molecule has 3 aromatic carbocycles. The van der Waals surface area contributed by atoms with Gasteiger partial charge in [-0.2, -0.15) is 0 Å². The normalized spacial score (nSPS) is 17.1. The second kappa shape index (κ2) is 9.18. The van der Waals surface area contributed by atoms with Gasteiger partial charge in [0.1, 0.15) is 5.82 Å². The minimum Gasteiger partial charge on any atom is -0.399 e. The molecule has 1 aliphatic rings. The van der Waals surface area contributed by atoms with Crippen LogP contribution in [0.2, 0.25) is 0 Å². The molecule has 0 atom stereocenters. The molecule has 3 aromatic rings. The second-order valence-electron chi connectivity index (χ2n) is 9.56. The molecule has 0 spiro atoms. The van der Waals surface area contributed by atoms with Gasteiger partial charge in [-0.15, -0.1) is 0 Å². The standard InChI is InChI=1S/C27H31BFNO2/c1-26(2)27(3,4)32-28(31-26)24-16-15-23(17-25(24)29)20-30(18-21-11-7-5-8-12-21)19-22-13-9-6-10-14-22/h5-17H,18-20H2,1-4H3. The predicted molar refractivity (Wildman–Crippen MR) is 128 cm³/mol. The van der Waals surface area contributed by atoms with E-state index in [0.717, 1.165) is 18.7 Å². The van der Waals surface area contributed by atoms with Gasteiger partial charge in [0.2, 0.25) is 0 Å². The first-order chi connectivity index (χ1) is 15.2. The molecule has 0 saturated carbocycles. The Labute approximate surface area is 191 Å². The number of benzene rings is 3. The quantitative estimate of drug-likeness (QED) is 0.473. The van der Waals surface area contributed by atoms with Crippen molar-refractivity contribution in [2.75, 3.05) is 0 Å². The van der Waals surface area contributed by atoms with Crippen molar-refractivity contribution in [1.82, 2.24) is 4.90 Å². The Bertz CT molecular complexity index is 983. The smallest absolute Gasteiger partial charge is 0.399 e. The molecule has 5 heteroatoms. The lowest BCUT2D eigenvalue weighted by atomic mass is 9.78. The molecule has 0 N–H and O–H groups in total. The van der Waals surface area contributed by atoms with Gasteiger partial charge in [-0.1, -0.05) is 72.8 Å². The van der Waals surface area contributed by atoms with Crippen LogP contribution >= 0.6 is 0 Å². The van der Waals surface area contributed by atoms with E-state index in [2.05, 4.69) is 53.4 Å². The highest BCUT2D eigenvalue weighted by Crippen LogP contribution is 2.36. The minimum atomic E-state index is -0.696. The lowest BCUT2D eigenvalue weighted by Crippen LogP contribution is -2.41. The molecule has 1 saturated heterocycles. The zero-order chi connectivity index (χ0) is 22.8. The molecule has 32 heavy (non-hydrogen) atoms. The second-order valence-corrected chi connectivity index (χ2v) is 9.56. The molecule has 4 rings (SSSR count).